The molecule has 0 saturated carbocycles. The molecule has 0 radical (unpaired) electrons. The average Bonchev–Trinajstić information content (AvgIpc) is 2.86. The third-order valence-corrected chi connectivity index (χ3v) is 3.20. The third-order valence-electron chi connectivity index (χ3n) is 3.20. The minimum Gasteiger partial charge on any atom is -0.378 e. The Labute approximate surface area is 105 Å². The van der Waals surface area contributed by atoms with Crippen LogP contribution in [0.15, 0.2) is 18.5 Å². The number of fused-ring (bicyclic) bond motifs is 1. The van der Waals surface area contributed by atoms with Crippen molar-refractivity contribution in [1.82, 2.24) is 14.9 Å². The van der Waals surface area contributed by atoms with E-state index in [1.54, 1.807) is 6.33 Å². The monoisotopic (exact) mass is 245 g/mol. The number of rotatable bonds is 1. The molecule has 2 heterocycles. The van der Waals surface area contributed by atoms with Gasteiger partial charge in [0.15, 0.2) is 0 Å². The fraction of sp³-hybridized carbons (Fsp3) is 0.385. The molecular weight excluding hydrogens is 230 g/mol. The van der Waals surface area contributed by atoms with Gasteiger partial charge in [-0.15, -0.1) is 0 Å². The van der Waals surface area contributed by atoms with Crippen LogP contribution < -0.4 is 0 Å². The Morgan fingerprint density at radius 2 is 2.17 bits per heavy atom. The van der Waals surface area contributed by atoms with Gasteiger partial charge in [-0.05, 0) is 24.6 Å². The van der Waals surface area contributed by atoms with Crippen LogP contribution in [0.3, 0.4) is 0 Å². The number of H-pyrrole nitrogens is 1. The van der Waals surface area contributed by atoms with Crippen molar-refractivity contribution >= 4 is 16.9 Å². The smallest absolute Gasteiger partial charge is 0.256 e. The van der Waals surface area contributed by atoms with Crippen LogP contribution >= 0.6 is 0 Å². The van der Waals surface area contributed by atoms with Crippen LogP contribution in [0.4, 0.5) is 0 Å². The fourth-order valence-corrected chi connectivity index (χ4v) is 2.29. The average molecular weight is 245 g/mol. The van der Waals surface area contributed by atoms with E-state index in [0.29, 0.717) is 31.9 Å². The molecular formula is C13H15N3O2. The molecule has 0 spiro atoms. The topological polar surface area (TPSA) is 58.2 Å². The van der Waals surface area contributed by atoms with Crippen molar-refractivity contribution in [2.24, 2.45) is 0 Å². The second-order valence-corrected chi connectivity index (χ2v) is 4.52. The maximum Gasteiger partial charge on any atom is 0.256 e. The molecule has 5 nitrogen and oxygen atoms in total. The van der Waals surface area contributed by atoms with E-state index in [1.165, 1.54) is 0 Å². The molecule has 18 heavy (non-hydrogen) atoms. The van der Waals surface area contributed by atoms with E-state index in [1.807, 2.05) is 24.0 Å². The fourth-order valence-electron chi connectivity index (χ4n) is 2.29. The molecule has 1 N–H and O–H groups in total. The lowest BCUT2D eigenvalue weighted by molar-refractivity contribution is 0.0304. The van der Waals surface area contributed by atoms with E-state index in [9.17, 15) is 4.79 Å². The predicted molar refractivity (Wildman–Crippen MR) is 67.6 cm³/mol. The number of benzene rings is 1. The lowest BCUT2D eigenvalue weighted by atomic mass is 10.1. The summed E-state index contributed by atoms with van der Waals surface area (Å²) in [7, 11) is 0. The van der Waals surface area contributed by atoms with Crippen molar-refractivity contribution in [2.45, 2.75) is 6.92 Å². The number of amides is 1. The molecule has 3 rings (SSSR count). The highest BCUT2D eigenvalue weighted by Crippen LogP contribution is 2.19. The van der Waals surface area contributed by atoms with Gasteiger partial charge in [0.1, 0.15) is 5.52 Å². The van der Waals surface area contributed by atoms with E-state index in [4.69, 9.17) is 4.74 Å². The Morgan fingerprint density at radius 1 is 1.39 bits per heavy atom. The molecule has 1 fully saturated rings. The Kier molecular flexibility index (Phi) is 2.76. The summed E-state index contributed by atoms with van der Waals surface area (Å²) < 4.78 is 5.27. The number of carbonyl (C=O) groups is 1. The highest BCUT2D eigenvalue weighted by molar-refractivity contribution is 6.05. The number of aryl methyl sites for hydroxylation is 1. The van der Waals surface area contributed by atoms with Gasteiger partial charge >= 0.3 is 0 Å². The molecule has 1 aromatic carbocycles. The molecule has 1 saturated heterocycles. The number of nitrogens with zero attached hydrogens (tertiary/aromatic N) is 2. The molecule has 5 heteroatoms. The maximum atomic E-state index is 12.5. The highest BCUT2D eigenvalue weighted by atomic mass is 16.5. The summed E-state index contributed by atoms with van der Waals surface area (Å²) in [5.41, 5.74) is 3.39. The molecule has 1 aromatic heterocycles. The van der Waals surface area contributed by atoms with E-state index < -0.39 is 0 Å². The summed E-state index contributed by atoms with van der Waals surface area (Å²) in [5, 5.41) is 0. The summed E-state index contributed by atoms with van der Waals surface area (Å²) in [6.07, 6.45) is 1.63. The zero-order valence-electron chi connectivity index (χ0n) is 10.3. The van der Waals surface area contributed by atoms with Crippen LogP contribution in [0, 0.1) is 6.92 Å². The van der Waals surface area contributed by atoms with Gasteiger partial charge in [-0.2, -0.15) is 0 Å². The number of imidazole rings is 1. The number of aromatic amines is 1. The summed E-state index contributed by atoms with van der Waals surface area (Å²) in [6, 6.07) is 3.90. The normalized spacial score (nSPS) is 16.2. The minimum atomic E-state index is 0.0408. The first-order valence-electron chi connectivity index (χ1n) is 6.06. The number of nitrogens with one attached hydrogen (secondary N) is 1. The maximum absolute atomic E-state index is 12.5. The zero-order valence-corrected chi connectivity index (χ0v) is 10.3. The standard InChI is InChI=1S/C13H15N3O2/c1-9-6-10(12-11(7-9)14-8-15-12)13(17)16-2-4-18-5-3-16/h6-8H,2-5H2,1H3,(H,14,15). The van der Waals surface area contributed by atoms with Gasteiger partial charge in [0.25, 0.3) is 5.91 Å². The van der Waals surface area contributed by atoms with E-state index in [-0.39, 0.29) is 5.91 Å². The number of carbonyl (C=O) groups excluding carboxylic acids is 1. The van der Waals surface area contributed by atoms with Gasteiger partial charge in [-0.3, -0.25) is 4.79 Å². The van der Waals surface area contributed by atoms with Crippen molar-refractivity contribution in [3.63, 3.8) is 0 Å². The van der Waals surface area contributed by atoms with E-state index in [2.05, 4.69) is 9.97 Å². The van der Waals surface area contributed by atoms with Gasteiger partial charge in [-0.1, -0.05) is 0 Å². The highest BCUT2D eigenvalue weighted by Gasteiger charge is 2.21. The summed E-state index contributed by atoms with van der Waals surface area (Å²) >= 11 is 0. The second-order valence-electron chi connectivity index (χ2n) is 4.52. The number of hydrogen-bond acceptors (Lipinski definition) is 3. The van der Waals surface area contributed by atoms with Gasteiger partial charge < -0.3 is 14.6 Å². The van der Waals surface area contributed by atoms with Crippen molar-refractivity contribution in [2.75, 3.05) is 26.3 Å². The van der Waals surface area contributed by atoms with Crippen LogP contribution in [0.25, 0.3) is 11.0 Å². The Balaban J connectivity index is 2.02. The molecule has 94 valence electrons. The first-order valence-corrected chi connectivity index (χ1v) is 6.06. The van der Waals surface area contributed by atoms with Crippen LogP contribution in [0.2, 0.25) is 0 Å². The van der Waals surface area contributed by atoms with Crippen LogP contribution in [-0.2, 0) is 4.74 Å². The Hall–Kier alpha value is -1.88. The molecule has 1 aliphatic heterocycles. The first kappa shape index (κ1) is 11.2. The Morgan fingerprint density at radius 3 is 2.94 bits per heavy atom. The molecule has 0 aliphatic carbocycles. The molecule has 0 unspecified atom stereocenters. The number of morpholine rings is 1. The van der Waals surface area contributed by atoms with Crippen LogP contribution in [0.5, 0.6) is 0 Å². The van der Waals surface area contributed by atoms with Crippen molar-refractivity contribution in [3.8, 4) is 0 Å². The summed E-state index contributed by atoms with van der Waals surface area (Å²) in [5.74, 6) is 0.0408. The van der Waals surface area contributed by atoms with E-state index in [0.717, 1.165) is 16.6 Å². The number of ether oxygens (including phenoxy) is 1. The third kappa shape index (κ3) is 1.86. The predicted octanol–water partition coefficient (Wildman–Crippen LogP) is 1.34. The molecule has 0 bridgehead atoms. The van der Waals surface area contributed by atoms with E-state index >= 15 is 0 Å². The van der Waals surface area contributed by atoms with Gasteiger partial charge in [0.05, 0.1) is 30.6 Å². The molecule has 0 atom stereocenters. The van der Waals surface area contributed by atoms with Gasteiger partial charge in [0.2, 0.25) is 0 Å². The summed E-state index contributed by atoms with van der Waals surface area (Å²) in [6.45, 7) is 4.51. The minimum absolute atomic E-state index is 0.0408. The number of hydrogen-bond donors (Lipinski definition) is 1. The molecule has 1 amide bonds. The molecule has 2 aromatic rings. The van der Waals surface area contributed by atoms with Gasteiger partial charge in [0, 0.05) is 13.1 Å². The summed E-state index contributed by atoms with van der Waals surface area (Å²) in [4.78, 5) is 21.6. The zero-order chi connectivity index (χ0) is 12.5. The van der Waals surface area contributed by atoms with Crippen LogP contribution in [0.1, 0.15) is 15.9 Å². The van der Waals surface area contributed by atoms with Gasteiger partial charge in [-0.25, -0.2) is 4.98 Å². The largest absolute Gasteiger partial charge is 0.378 e. The lowest BCUT2D eigenvalue weighted by Crippen LogP contribution is -2.40. The Bertz CT molecular complexity index is 585. The van der Waals surface area contributed by atoms with Crippen molar-refractivity contribution in [1.29, 1.82) is 0 Å². The SMILES string of the molecule is Cc1cc(C(=O)N2CCOCC2)c2nc[nH]c2c1. The second kappa shape index (κ2) is 4.42. The first-order chi connectivity index (χ1) is 8.75. The van der Waals surface area contributed by atoms with Crippen molar-refractivity contribution < 1.29 is 9.53 Å². The van der Waals surface area contributed by atoms with Crippen LogP contribution in [-0.4, -0.2) is 47.1 Å². The van der Waals surface area contributed by atoms with Crippen molar-refractivity contribution in [3.05, 3.63) is 29.6 Å². The quantitative estimate of drug-likeness (QED) is 0.825. The molecule has 1 aliphatic rings. The lowest BCUT2D eigenvalue weighted by Gasteiger charge is -2.27. The number of aromatic nitrogens is 2.